The predicted molar refractivity (Wildman–Crippen MR) is 135 cm³/mol. The molecule has 2 aromatic carbocycles. The van der Waals surface area contributed by atoms with Gasteiger partial charge in [0.15, 0.2) is 11.4 Å². The lowest BCUT2D eigenvalue weighted by Crippen LogP contribution is -2.27. The van der Waals surface area contributed by atoms with Crippen molar-refractivity contribution in [1.29, 1.82) is 0 Å². The summed E-state index contributed by atoms with van der Waals surface area (Å²) in [6.07, 6.45) is 2.42. The van der Waals surface area contributed by atoms with E-state index < -0.39 is 0 Å². The van der Waals surface area contributed by atoms with Gasteiger partial charge >= 0.3 is 0 Å². The van der Waals surface area contributed by atoms with Crippen LogP contribution in [0.4, 0.5) is 11.4 Å². The molecule has 0 bridgehead atoms. The highest BCUT2D eigenvalue weighted by molar-refractivity contribution is 7.07. The van der Waals surface area contributed by atoms with Crippen molar-refractivity contribution < 1.29 is 19.1 Å². The zero-order chi connectivity index (χ0) is 24.2. The third-order valence-electron chi connectivity index (χ3n) is 6.06. The van der Waals surface area contributed by atoms with Crippen LogP contribution in [-0.2, 0) is 16.1 Å². The highest BCUT2D eigenvalue weighted by Gasteiger charge is 2.20. The Kier molecular flexibility index (Phi) is 6.85. The quantitative estimate of drug-likeness (QED) is 0.511. The molecule has 0 saturated carbocycles. The van der Waals surface area contributed by atoms with Crippen molar-refractivity contribution >= 4 is 34.5 Å². The zero-order valence-corrected chi connectivity index (χ0v) is 20.5. The maximum atomic E-state index is 12.0. The Labute approximate surface area is 207 Å². The number of fused-ring (bicyclic) bond motifs is 1. The van der Waals surface area contributed by atoms with Crippen molar-refractivity contribution in [3.8, 4) is 22.8 Å². The summed E-state index contributed by atoms with van der Waals surface area (Å²) in [7, 11) is 0. The molecule has 35 heavy (non-hydrogen) atoms. The van der Waals surface area contributed by atoms with Crippen LogP contribution in [0.5, 0.6) is 11.5 Å². The van der Waals surface area contributed by atoms with E-state index in [1.54, 1.807) is 11.3 Å². The minimum atomic E-state index is -0.158. The predicted octanol–water partition coefficient (Wildman–Crippen LogP) is 4.19. The highest BCUT2D eigenvalue weighted by atomic mass is 32.1. The number of nitrogens with zero attached hydrogens (tertiary/aromatic N) is 3. The van der Waals surface area contributed by atoms with E-state index in [1.807, 2.05) is 54.3 Å². The van der Waals surface area contributed by atoms with Gasteiger partial charge in [-0.25, -0.2) is 4.99 Å². The van der Waals surface area contributed by atoms with Crippen LogP contribution in [0.25, 0.3) is 11.3 Å². The number of nitrogens with one attached hydrogen (secondary N) is 1. The molecule has 0 atom stereocenters. The number of anilines is 1. The number of amides is 2. The lowest BCUT2D eigenvalue weighted by Gasteiger charge is -2.19. The molecule has 182 valence electrons. The normalized spacial score (nSPS) is 15.7. The SMILES string of the molecule is CCOc1ccc(N=c2scc(-c3ccc4c(c3)NC(=O)CO4)n2CCCN2CCCC2=O)cc1. The number of aromatic nitrogens is 1. The molecule has 1 saturated heterocycles. The molecule has 9 heteroatoms. The van der Waals surface area contributed by atoms with E-state index in [1.165, 1.54) is 0 Å². The molecule has 3 aromatic rings. The maximum absolute atomic E-state index is 12.0. The summed E-state index contributed by atoms with van der Waals surface area (Å²) in [5.41, 5.74) is 3.49. The third-order valence-corrected chi connectivity index (χ3v) is 6.92. The summed E-state index contributed by atoms with van der Waals surface area (Å²) >= 11 is 1.57. The minimum Gasteiger partial charge on any atom is -0.494 e. The molecule has 2 aliphatic rings. The average molecular weight is 493 g/mol. The standard InChI is InChI=1S/C26H28N4O4S/c1-2-33-20-9-7-19(8-10-20)27-26-30(14-4-13-29-12-3-5-25(29)32)22(17-35-26)18-6-11-23-21(15-18)28-24(31)16-34-23/h6-11,15,17H,2-5,12-14,16H2,1H3,(H,28,31). The fourth-order valence-electron chi connectivity index (χ4n) is 4.36. The number of ether oxygens (including phenoxy) is 2. The van der Waals surface area contributed by atoms with E-state index in [2.05, 4.69) is 15.3 Å². The van der Waals surface area contributed by atoms with Gasteiger partial charge < -0.3 is 24.3 Å². The van der Waals surface area contributed by atoms with Crippen LogP contribution in [0.2, 0.25) is 0 Å². The van der Waals surface area contributed by atoms with Gasteiger partial charge in [-0.1, -0.05) is 0 Å². The Morgan fingerprint density at radius 2 is 2.00 bits per heavy atom. The molecule has 2 aliphatic heterocycles. The molecule has 1 N–H and O–H groups in total. The van der Waals surface area contributed by atoms with Crippen molar-refractivity contribution in [2.45, 2.75) is 32.7 Å². The van der Waals surface area contributed by atoms with E-state index in [-0.39, 0.29) is 18.4 Å². The number of benzene rings is 2. The smallest absolute Gasteiger partial charge is 0.262 e. The first kappa shape index (κ1) is 23.2. The van der Waals surface area contributed by atoms with Crippen LogP contribution in [0.3, 0.4) is 0 Å². The van der Waals surface area contributed by atoms with Crippen LogP contribution in [0.15, 0.2) is 52.8 Å². The highest BCUT2D eigenvalue weighted by Crippen LogP contribution is 2.33. The summed E-state index contributed by atoms with van der Waals surface area (Å²) in [6, 6.07) is 13.6. The van der Waals surface area contributed by atoms with E-state index >= 15 is 0 Å². The van der Waals surface area contributed by atoms with Gasteiger partial charge in [0.05, 0.1) is 23.7 Å². The van der Waals surface area contributed by atoms with Crippen molar-refractivity contribution in [3.63, 3.8) is 0 Å². The van der Waals surface area contributed by atoms with Crippen molar-refractivity contribution in [3.05, 3.63) is 52.6 Å². The number of carbonyl (C=O) groups is 2. The number of rotatable bonds is 8. The van der Waals surface area contributed by atoms with E-state index in [0.717, 1.165) is 60.0 Å². The van der Waals surface area contributed by atoms with Gasteiger partial charge in [0.1, 0.15) is 11.5 Å². The van der Waals surface area contributed by atoms with Crippen molar-refractivity contribution in [2.24, 2.45) is 4.99 Å². The van der Waals surface area contributed by atoms with Gasteiger partial charge in [-0.15, -0.1) is 11.3 Å². The Balaban J connectivity index is 1.46. The zero-order valence-electron chi connectivity index (χ0n) is 19.7. The Morgan fingerprint density at radius 3 is 2.77 bits per heavy atom. The summed E-state index contributed by atoms with van der Waals surface area (Å²) < 4.78 is 13.3. The molecule has 0 radical (unpaired) electrons. The molecule has 0 unspecified atom stereocenters. The van der Waals surface area contributed by atoms with E-state index in [0.29, 0.717) is 24.5 Å². The Bertz CT molecular complexity index is 1300. The molecule has 1 aromatic heterocycles. The molecular weight excluding hydrogens is 464 g/mol. The molecule has 0 spiro atoms. The monoisotopic (exact) mass is 492 g/mol. The van der Waals surface area contributed by atoms with Gasteiger partial charge in [0.25, 0.3) is 5.91 Å². The summed E-state index contributed by atoms with van der Waals surface area (Å²) in [4.78, 5) is 31.6. The maximum Gasteiger partial charge on any atom is 0.262 e. The molecule has 8 nitrogen and oxygen atoms in total. The second kappa shape index (κ2) is 10.4. The number of thiazole rings is 1. The van der Waals surface area contributed by atoms with Crippen LogP contribution in [0.1, 0.15) is 26.2 Å². The van der Waals surface area contributed by atoms with Gasteiger partial charge in [-0.05, 0) is 62.2 Å². The molecular formula is C26H28N4O4S. The second-order valence-electron chi connectivity index (χ2n) is 8.48. The lowest BCUT2D eigenvalue weighted by atomic mass is 10.1. The fourth-order valence-corrected chi connectivity index (χ4v) is 5.32. The summed E-state index contributed by atoms with van der Waals surface area (Å²) in [5.74, 6) is 1.57. The number of hydrogen-bond acceptors (Lipinski definition) is 6. The van der Waals surface area contributed by atoms with Crippen LogP contribution in [0, 0.1) is 0 Å². The first-order valence-electron chi connectivity index (χ1n) is 11.9. The Hall–Kier alpha value is -3.59. The van der Waals surface area contributed by atoms with Crippen LogP contribution in [-0.4, -0.2) is 47.6 Å². The summed E-state index contributed by atoms with van der Waals surface area (Å²) in [5, 5.41) is 4.97. The van der Waals surface area contributed by atoms with Gasteiger partial charge in [0, 0.05) is 37.0 Å². The molecule has 0 aliphatic carbocycles. The molecule has 2 amide bonds. The van der Waals surface area contributed by atoms with Crippen LogP contribution < -0.4 is 19.6 Å². The van der Waals surface area contributed by atoms with Gasteiger partial charge in [0.2, 0.25) is 5.91 Å². The molecule has 3 heterocycles. The Morgan fingerprint density at radius 1 is 1.14 bits per heavy atom. The van der Waals surface area contributed by atoms with E-state index in [9.17, 15) is 9.59 Å². The number of hydrogen-bond donors (Lipinski definition) is 1. The first-order chi connectivity index (χ1) is 17.1. The first-order valence-corrected chi connectivity index (χ1v) is 12.8. The minimum absolute atomic E-state index is 0.0329. The molecule has 1 fully saturated rings. The van der Waals surface area contributed by atoms with Gasteiger partial charge in [-0.3, -0.25) is 9.59 Å². The lowest BCUT2D eigenvalue weighted by molar-refractivity contribution is -0.127. The topological polar surface area (TPSA) is 85.2 Å². The van der Waals surface area contributed by atoms with Crippen molar-refractivity contribution in [1.82, 2.24) is 9.47 Å². The third kappa shape index (κ3) is 5.24. The largest absolute Gasteiger partial charge is 0.494 e. The van der Waals surface area contributed by atoms with Crippen LogP contribution >= 0.6 is 11.3 Å². The van der Waals surface area contributed by atoms with Crippen molar-refractivity contribution in [2.75, 3.05) is 31.6 Å². The number of likely N-dealkylation sites (tertiary alicyclic amines) is 1. The number of carbonyl (C=O) groups excluding carboxylic acids is 2. The fraction of sp³-hybridized carbons (Fsp3) is 0.346. The van der Waals surface area contributed by atoms with Gasteiger partial charge in [-0.2, -0.15) is 0 Å². The molecule has 5 rings (SSSR count). The van der Waals surface area contributed by atoms with E-state index in [4.69, 9.17) is 14.5 Å². The summed E-state index contributed by atoms with van der Waals surface area (Å²) in [6.45, 7) is 4.91. The second-order valence-corrected chi connectivity index (χ2v) is 9.32. The average Bonchev–Trinajstić information content (AvgIpc) is 3.46.